The van der Waals surface area contributed by atoms with Crippen molar-refractivity contribution in [2.75, 3.05) is 26.2 Å². The number of aliphatic hydroxyl groups excluding tert-OH is 1. The van der Waals surface area contributed by atoms with Crippen molar-refractivity contribution in [1.82, 2.24) is 74.1 Å². The third-order valence-electron chi connectivity index (χ3n) is 16.9. The minimum absolute atomic E-state index is 0.00235. The van der Waals surface area contributed by atoms with Crippen LogP contribution in [0.15, 0.2) is 30.5 Å². The molecule has 2 aromatic rings. The number of para-hydroxylation sites is 1. The van der Waals surface area contributed by atoms with Gasteiger partial charge >= 0.3 is 29.8 Å². The quantitative estimate of drug-likeness (QED) is 0.0230. The summed E-state index contributed by atoms with van der Waals surface area (Å²) >= 11 is 0. The van der Waals surface area contributed by atoms with Gasteiger partial charge in [-0.2, -0.15) is 0 Å². The molecule has 604 valence electrons. The Morgan fingerprint density at radius 1 is 0.541 bits per heavy atom. The Kier molecular flexibility index (Phi) is 39.3. The van der Waals surface area contributed by atoms with E-state index in [1.165, 1.54) is 13.8 Å². The van der Waals surface area contributed by atoms with E-state index < -0.39 is 249 Å². The number of rotatable bonds is 34. The maximum absolute atomic E-state index is 14.6. The first-order chi connectivity index (χ1) is 51.3. The van der Waals surface area contributed by atoms with E-state index in [1.807, 2.05) is 16.0 Å². The lowest BCUT2D eigenvalue weighted by Gasteiger charge is -2.30. The van der Waals surface area contributed by atoms with Crippen LogP contribution in [0.5, 0.6) is 0 Å². The van der Waals surface area contributed by atoms with Crippen LogP contribution < -0.4 is 80.6 Å². The predicted molar refractivity (Wildman–Crippen MR) is 380 cm³/mol. The van der Waals surface area contributed by atoms with E-state index in [4.69, 9.17) is 16.2 Å². The average molecular weight is 1540 g/mol. The lowest BCUT2D eigenvalue weighted by Crippen LogP contribution is -2.61. The van der Waals surface area contributed by atoms with Gasteiger partial charge < -0.3 is 116 Å². The van der Waals surface area contributed by atoms with Crippen molar-refractivity contribution in [1.29, 1.82) is 0 Å². The number of amides is 14. The Balaban J connectivity index is 2.15. The van der Waals surface area contributed by atoms with E-state index >= 15 is 0 Å². The summed E-state index contributed by atoms with van der Waals surface area (Å²) in [6.45, 7) is 5.23. The van der Waals surface area contributed by atoms with Crippen LogP contribution in [0, 0.1) is 11.8 Å². The van der Waals surface area contributed by atoms with E-state index in [0.29, 0.717) is 35.2 Å². The van der Waals surface area contributed by atoms with Gasteiger partial charge in [-0.3, -0.25) is 86.3 Å². The number of ether oxygens (including phenoxy) is 1. The number of hydrogen-bond donors (Lipinski definition) is 21. The molecule has 0 radical (unpaired) electrons. The Labute approximate surface area is 625 Å². The molecule has 41 heteroatoms. The van der Waals surface area contributed by atoms with E-state index in [2.05, 4.69) is 72.0 Å². The molecule has 12 unspecified atom stereocenters. The minimum Gasteiger partial charge on any atom is -0.481 e. The third kappa shape index (κ3) is 33.5. The number of benzene rings is 1. The van der Waals surface area contributed by atoms with Gasteiger partial charge in [0.15, 0.2) is 0 Å². The molecule has 12 atom stereocenters. The SMILES string of the molecule is CC(C)CCCCCCCCC(=O)NC(Cc1c[nH]c2ccccc12)C(=O)NC(CC(N)=O)C(=O)NC(CC(=O)O)C(=O)NC1C(=O)NCC(=O)NC(CCCN)C(=O)NC(CC(=O)O)C(=O)NC(C)C(=O)NC(CC(=O)O)C(=O)NCC(=O)NC(CO)C(=O)NC(CCC(=O)O)C(=O)NC(C(C)C)C(=O)OC1C. The van der Waals surface area contributed by atoms with Crippen molar-refractivity contribution in [3.05, 3.63) is 36.0 Å². The van der Waals surface area contributed by atoms with Crippen molar-refractivity contribution in [2.45, 2.75) is 223 Å². The van der Waals surface area contributed by atoms with Gasteiger partial charge in [0.05, 0.1) is 45.4 Å². The Morgan fingerprint density at radius 2 is 1.06 bits per heavy atom. The number of aromatic amines is 1. The molecule has 2 heterocycles. The number of carbonyl (C=O) groups is 19. The summed E-state index contributed by atoms with van der Waals surface area (Å²) in [6.07, 6.45) is -1.16. The molecule has 1 aliphatic rings. The Bertz CT molecular complexity index is 3590. The van der Waals surface area contributed by atoms with Gasteiger partial charge in [-0.25, -0.2) is 4.79 Å². The zero-order chi connectivity index (χ0) is 81.8. The highest BCUT2D eigenvalue weighted by molar-refractivity contribution is 6.02. The summed E-state index contributed by atoms with van der Waals surface area (Å²) in [4.78, 5) is 259. The number of nitrogens with one attached hydrogen (secondary N) is 14. The van der Waals surface area contributed by atoms with Crippen LogP contribution in [0.25, 0.3) is 10.9 Å². The minimum atomic E-state index is -2.31. The molecular weight excluding hydrogens is 1440 g/mol. The van der Waals surface area contributed by atoms with Gasteiger partial charge in [0, 0.05) is 36.4 Å². The zero-order valence-electron chi connectivity index (χ0n) is 61.4. The number of carbonyl (C=O) groups excluding carboxylic acids is 15. The Morgan fingerprint density at radius 3 is 1.64 bits per heavy atom. The first kappa shape index (κ1) is 91.8. The highest BCUT2D eigenvalue weighted by Gasteiger charge is 2.40. The summed E-state index contributed by atoms with van der Waals surface area (Å²) < 4.78 is 5.64. The standard InChI is InChI=1S/C68H102N16O25/c1-33(2)16-11-9-7-8-10-12-20-49(87)76-42(24-37-29-71-39-18-14-13-17-38(37)39)63(103)80-43(25-48(70)86)64(104)82-46(28-55(96)97)65(105)84-57-36(6)109-68(108)56(34(3)4)83-61(101)41(21-22-52(90)91)78-66(106)47(32-85)77-51(89)30-72-59(99)44(26-53(92)93)79-58(98)35(5)74-62(102)45(27-54(94)95)81-60(100)40(19-15-23-69)75-50(88)31-73-67(57)107/h13-14,17-18,29,33-36,40-47,56-57,71,85H,7-12,15-16,19-28,30-32,69H2,1-6H3,(H2,70,86)(H,72,99)(H,73,107)(H,74,102)(H,75,88)(H,76,87)(H,77,89)(H,78,106)(H,79,98)(H,80,103)(H,81,100)(H,82,104)(H,83,101)(H,84,105)(H,90,91)(H,92,93)(H,94,95)(H,96,97). The van der Waals surface area contributed by atoms with Crippen molar-refractivity contribution >= 4 is 123 Å². The topological polar surface area (TPSA) is 659 Å². The van der Waals surface area contributed by atoms with Crippen LogP contribution in [-0.4, -0.2) is 242 Å². The summed E-state index contributed by atoms with van der Waals surface area (Å²) in [5.74, 6) is -26.4. The fourth-order valence-electron chi connectivity index (χ4n) is 11.0. The molecule has 23 N–H and O–H groups in total. The van der Waals surface area contributed by atoms with E-state index in [1.54, 1.807) is 30.5 Å². The molecule has 41 nitrogen and oxygen atoms in total. The lowest BCUT2D eigenvalue weighted by molar-refractivity contribution is -0.157. The maximum Gasteiger partial charge on any atom is 0.329 e. The number of unbranched alkanes of at least 4 members (excludes halogenated alkanes) is 5. The van der Waals surface area contributed by atoms with Gasteiger partial charge in [-0.15, -0.1) is 0 Å². The van der Waals surface area contributed by atoms with E-state index in [0.717, 1.165) is 46.0 Å². The second kappa shape index (κ2) is 46.6. The van der Waals surface area contributed by atoms with Crippen LogP contribution in [0.3, 0.4) is 0 Å². The van der Waals surface area contributed by atoms with Crippen LogP contribution in [-0.2, 0) is 102 Å². The number of cyclic esters (lactones) is 1. The summed E-state index contributed by atoms with van der Waals surface area (Å²) in [5, 5.41) is 78.3. The number of carboxylic acids is 4. The normalized spacial score (nSPS) is 21.6. The maximum atomic E-state index is 14.6. The van der Waals surface area contributed by atoms with Crippen LogP contribution in [0.1, 0.15) is 150 Å². The van der Waals surface area contributed by atoms with E-state index in [9.17, 15) is 117 Å². The number of carboxylic acid groups (broad SMARTS) is 4. The molecule has 1 aliphatic heterocycles. The van der Waals surface area contributed by atoms with Crippen LogP contribution >= 0.6 is 0 Å². The van der Waals surface area contributed by atoms with Crippen molar-refractivity contribution in [3.8, 4) is 0 Å². The summed E-state index contributed by atoms with van der Waals surface area (Å²) in [6, 6.07) is -14.5. The molecule has 1 aromatic carbocycles. The van der Waals surface area contributed by atoms with E-state index in [-0.39, 0.29) is 32.2 Å². The lowest BCUT2D eigenvalue weighted by atomic mass is 10.0. The number of esters is 1. The van der Waals surface area contributed by atoms with Gasteiger partial charge in [-0.05, 0) is 69.5 Å². The molecule has 0 spiro atoms. The van der Waals surface area contributed by atoms with Crippen LogP contribution in [0.4, 0.5) is 0 Å². The summed E-state index contributed by atoms with van der Waals surface area (Å²) in [5.41, 5.74) is 12.5. The molecule has 3 rings (SSSR count). The van der Waals surface area contributed by atoms with Crippen molar-refractivity contribution < 1.29 is 121 Å². The molecule has 1 saturated heterocycles. The monoisotopic (exact) mass is 1540 g/mol. The molecular formula is C68H102N16O25. The summed E-state index contributed by atoms with van der Waals surface area (Å²) in [7, 11) is 0. The average Bonchev–Trinajstić information content (AvgIpc) is 1.57. The van der Waals surface area contributed by atoms with Crippen LogP contribution in [0.2, 0.25) is 0 Å². The molecule has 0 bridgehead atoms. The molecule has 0 saturated carbocycles. The number of hydrogen-bond acceptors (Lipinski definition) is 22. The fourth-order valence-corrected chi connectivity index (χ4v) is 11.0. The molecule has 1 aromatic heterocycles. The highest BCUT2D eigenvalue weighted by Crippen LogP contribution is 2.21. The number of nitrogens with two attached hydrogens (primary N) is 2. The first-order valence-corrected chi connectivity index (χ1v) is 35.4. The number of primary amides is 1. The van der Waals surface area contributed by atoms with Crippen molar-refractivity contribution in [2.24, 2.45) is 23.3 Å². The second-order valence-electron chi connectivity index (χ2n) is 26.8. The number of aliphatic hydroxyl groups is 1. The van der Waals surface area contributed by atoms with Gasteiger partial charge in [0.1, 0.15) is 72.6 Å². The molecule has 1 fully saturated rings. The van der Waals surface area contributed by atoms with Gasteiger partial charge in [0.25, 0.3) is 0 Å². The number of H-pyrrole nitrogens is 1. The molecule has 14 amide bonds. The Hall–Kier alpha value is -11.4. The number of aromatic nitrogens is 1. The largest absolute Gasteiger partial charge is 0.481 e. The third-order valence-corrected chi connectivity index (χ3v) is 16.9. The fraction of sp³-hybridized carbons (Fsp3) is 0.603. The molecule has 0 aliphatic carbocycles. The van der Waals surface area contributed by atoms with Crippen molar-refractivity contribution in [3.63, 3.8) is 0 Å². The van der Waals surface area contributed by atoms with Gasteiger partial charge in [0.2, 0.25) is 82.7 Å². The predicted octanol–water partition coefficient (Wildman–Crippen LogP) is -5.43. The second-order valence-corrected chi connectivity index (χ2v) is 26.8. The smallest absolute Gasteiger partial charge is 0.329 e. The highest BCUT2D eigenvalue weighted by atomic mass is 16.5. The first-order valence-electron chi connectivity index (χ1n) is 35.4. The van der Waals surface area contributed by atoms with Gasteiger partial charge in [-0.1, -0.05) is 84.4 Å². The molecule has 109 heavy (non-hydrogen) atoms. The zero-order valence-corrected chi connectivity index (χ0v) is 61.4. The number of aliphatic carboxylic acids is 4. The number of fused-ring (bicyclic) bond motifs is 1.